The molecular formula is C16H21NO. The molecule has 0 radical (unpaired) electrons. The van der Waals surface area contributed by atoms with Crippen LogP contribution in [0, 0.1) is 12.8 Å². The molecule has 1 aromatic heterocycles. The summed E-state index contributed by atoms with van der Waals surface area (Å²) >= 11 is 0. The van der Waals surface area contributed by atoms with Gasteiger partial charge in [0.05, 0.1) is 6.04 Å². The molecule has 0 amide bonds. The lowest BCUT2D eigenvalue weighted by Gasteiger charge is -2.25. The van der Waals surface area contributed by atoms with E-state index in [9.17, 15) is 0 Å². The van der Waals surface area contributed by atoms with Crippen molar-refractivity contribution in [1.29, 1.82) is 0 Å². The molecule has 2 N–H and O–H groups in total. The van der Waals surface area contributed by atoms with E-state index in [1.807, 2.05) is 6.07 Å². The molecule has 0 spiro atoms. The summed E-state index contributed by atoms with van der Waals surface area (Å²) in [6.07, 6.45) is 6.49. The standard InChI is InChI=1S/C16H21NO/c1-11-7-8-14-13(9-11)10-15(18-14)16(17)12-5-3-2-4-6-12/h7-10,12,16H,2-6,17H2,1H3. The molecule has 2 aromatic rings. The molecule has 1 unspecified atom stereocenters. The third-order valence-corrected chi connectivity index (χ3v) is 4.18. The Kier molecular flexibility index (Phi) is 3.13. The van der Waals surface area contributed by atoms with Crippen LogP contribution in [-0.2, 0) is 0 Å². The Morgan fingerprint density at radius 1 is 1.17 bits per heavy atom. The second-order valence-electron chi connectivity index (χ2n) is 5.61. The summed E-state index contributed by atoms with van der Waals surface area (Å²) in [6, 6.07) is 8.49. The first-order chi connectivity index (χ1) is 8.74. The minimum absolute atomic E-state index is 0.0676. The fourth-order valence-electron chi connectivity index (χ4n) is 3.07. The van der Waals surface area contributed by atoms with Gasteiger partial charge >= 0.3 is 0 Å². The molecule has 1 atom stereocenters. The second-order valence-corrected chi connectivity index (χ2v) is 5.61. The van der Waals surface area contributed by atoms with Gasteiger partial charge in [-0.1, -0.05) is 30.9 Å². The molecule has 1 aromatic carbocycles. The van der Waals surface area contributed by atoms with Crippen LogP contribution in [0.1, 0.15) is 49.5 Å². The van der Waals surface area contributed by atoms with Crippen molar-refractivity contribution in [2.24, 2.45) is 11.7 Å². The van der Waals surface area contributed by atoms with E-state index in [-0.39, 0.29) is 6.04 Å². The molecule has 0 bridgehead atoms. The van der Waals surface area contributed by atoms with Gasteiger partial charge in [-0.2, -0.15) is 0 Å². The average Bonchev–Trinajstić information content (AvgIpc) is 2.81. The van der Waals surface area contributed by atoms with Crippen molar-refractivity contribution in [3.05, 3.63) is 35.6 Å². The van der Waals surface area contributed by atoms with Crippen molar-refractivity contribution in [1.82, 2.24) is 0 Å². The van der Waals surface area contributed by atoms with Gasteiger partial charge in [-0.25, -0.2) is 0 Å². The summed E-state index contributed by atoms with van der Waals surface area (Å²) in [5.74, 6) is 1.56. The molecule has 1 saturated carbocycles. The number of benzene rings is 1. The van der Waals surface area contributed by atoms with E-state index in [0.717, 1.165) is 11.3 Å². The van der Waals surface area contributed by atoms with Crippen LogP contribution in [0.25, 0.3) is 11.0 Å². The van der Waals surface area contributed by atoms with E-state index < -0.39 is 0 Å². The topological polar surface area (TPSA) is 39.2 Å². The van der Waals surface area contributed by atoms with E-state index in [2.05, 4.69) is 25.1 Å². The lowest BCUT2D eigenvalue weighted by atomic mass is 9.83. The summed E-state index contributed by atoms with van der Waals surface area (Å²) in [4.78, 5) is 0. The Hall–Kier alpha value is -1.28. The lowest BCUT2D eigenvalue weighted by Crippen LogP contribution is -2.22. The van der Waals surface area contributed by atoms with Crippen LogP contribution in [0.2, 0.25) is 0 Å². The van der Waals surface area contributed by atoms with Crippen LogP contribution < -0.4 is 5.73 Å². The highest BCUT2D eigenvalue weighted by Gasteiger charge is 2.24. The molecule has 1 aliphatic rings. The normalized spacial score (nSPS) is 19.2. The minimum Gasteiger partial charge on any atom is -0.459 e. The smallest absolute Gasteiger partial charge is 0.134 e. The maximum Gasteiger partial charge on any atom is 0.134 e. The van der Waals surface area contributed by atoms with Gasteiger partial charge < -0.3 is 10.2 Å². The van der Waals surface area contributed by atoms with Crippen LogP contribution in [0.5, 0.6) is 0 Å². The first-order valence-electron chi connectivity index (χ1n) is 7.00. The fraction of sp³-hybridized carbons (Fsp3) is 0.500. The fourth-order valence-corrected chi connectivity index (χ4v) is 3.07. The van der Waals surface area contributed by atoms with Gasteiger partial charge in [0.2, 0.25) is 0 Å². The van der Waals surface area contributed by atoms with Crippen LogP contribution in [0.3, 0.4) is 0 Å². The van der Waals surface area contributed by atoms with E-state index in [0.29, 0.717) is 5.92 Å². The molecule has 96 valence electrons. The van der Waals surface area contributed by atoms with Crippen molar-refractivity contribution >= 4 is 11.0 Å². The molecule has 0 saturated heterocycles. The van der Waals surface area contributed by atoms with Crippen molar-refractivity contribution in [3.8, 4) is 0 Å². The molecule has 1 heterocycles. The number of hydrogen-bond acceptors (Lipinski definition) is 2. The number of nitrogens with two attached hydrogens (primary N) is 1. The van der Waals surface area contributed by atoms with E-state index >= 15 is 0 Å². The Bertz CT molecular complexity index is 537. The molecule has 1 aliphatic carbocycles. The monoisotopic (exact) mass is 243 g/mol. The number of rotatable bonds is 2. The van der Waals surface area contributed by atoms with Crippen LogP contribution in [0.4, 0.5) is 0 Å². The average molecular weight is 243 g/mol. The number of fused-ring (bicyclic) bond motifs is 1. The van der Waals surface area contributed by atoms with Crippen molar-refractivity contribution in [2.75, 3.05) is 0 Å². The van der Waals surface area contributed by atoms with Gasteiger partial charge in [-0.3, -0.25) is 0 Å². The van der Waals surface area contributed by atoms with Crippen molar-refractivity contribution in [3.63, 3.8) is 0 Å². The SMILES string of the molecule is Cc1ccc2oc(C(N)C3CCCCC3)cc2c1. The highest BCUT2D eigenvalue weighted by atomic mass is 16.3. The molecule has 0 aliphatic heterocycles. The maximum absolute atomic E-state index is 6.38. The lowest BCUT2D eigenvalue weighted by molar-refractivity contribution is 0.284. The largest absolute Gasteiger partial charge is 0.459 e. The van der Waals surface area contributed by atoms with Crippen LogP contribution >= 0.6 is 0 Å². The van der Waals surface area contributed by atoms with Gasteiger partial charge in [-0.15, -0.1) is 0 Å². The Balaban J connectivity index is 1.88. The maximum atomic E-state index is 6.38. The molecule has 1 fully saturated rings. The number of aryl methyl sites for hydroxylation is 1. The predicted molar refractivity (Wildman–Crippen MR) is 74.5 cm³/mol. The summed E-state index contributed by atoms with van der Waals surface area (Å²) in [5, 5.41) is 1.18. The molecule has 2 nitrogen and oxygen atoms in total. The molecule has 2 heteroatoms. The molecule has 3 rings (SSSR count). The van der Waals surface area contributed by atoms with E-state index in [1.54, 1.807) is 0 Å². The van der Waals surface area contributed by atoms with Crippen molar-refractivity contribution < 1.29 is 4.42 Å². The van der Waals surface area contributed by atoms with Gasteiger partial charge in [-0.05, 0) is 43.9 Å². The third-order valence-electron chi connectivity index (χ3n) is 4.18. The van der Waals surface area contributed by atoms with Gasteiger partial charge in [0.1, 0.15) is 11.3 Å². The summed E-state index contributed by atoms with van der Waals surface area (Å²) in [5.41, 5.74) is 8.60. The van der Waals surface area contributed by atoms with Crippen LogP contribution in [0.15, 0.2) is 28.7 Å². The first kappa shape index (κ1) is 11.8. The van der Waals surface area contributed by atoms with Gasteiger partial charge in [0.25, 0.3) is 0 Å². The quantitative estimate of drug-likeness (QED) is 0.853. The Labute approximate surface area is 108 Å². The first-order valence-corrected chi connectivity index (χ1v) is 7.00. The zero-order valence-corrected chi connectivity index (χ0v) is 11.0. The zero-order chi connectivity index (χ0) is 12.5. The van der Waals surface area contributed by atoms with Crippen molar-refractivity contribution in [2.45, 2.75) is 45.1 Å². The Morgan fingerprint density at radius 2 is 1.94 bits per heavy atom. The highest BCUT2D eigenvalue weighted by molar-refractivity contribution is 5.78. The number of hydrogen-bond donors (Lipinski definition) is 1. The summed E-state index contributed by atoms with van der Waals surface area (Å²) < 4.78 is 5.91. The zero-order valence-electron chi connectivity index (χ0n) is 11.0. The van der Waals surface area contributed by atoms with Crippen LogP contribution in [-0.4, -0.2) is 0 Å². The van der Waals surface area contributed by atoms with E-state index in [4.69, 9.17) is 10.2 Å². The number of furan rings is 1. The summed E-state index contributed by atoms with van der Waals surface area (Å²) in [6.45, 7) is 2.10. The highest BCUT2D eigenvalue weighted by Crippen LogP contribution is 2.35. The molecular weight excluding hydrogens is 222 g/mol. The summed E-state index contributed by atoms with van der Waals surface area (Å²) in [7, 11) is 0. The van der Waals surface area contributed by atoms with E-state index in [1.165, 1.54) is 43.1 Å². The molecule has 18 heavy (non-hydrogen) atoms. The minimum atomic E-state index is 0.0676. The van der Waals surface area contributed by atoms with Gasteiger partial charge in [0, 0.05) is 5.39 Å². The third kappa shape index (κ3) is 2.17. The second kappa shape index (κ2) is 4.77. The predicted octanol–water partition coefficient (Wildman–Crippen LogP) is 4.32. The Morgan fingerprint density at radius 3 is 2.72 bits per heavy atom. The van der Waals surface area contributed by atoms with Gasteiger partial charge in [0.15, 0.2) is 0 Å².